The maximum atomic E-state index is 10.8. The smallest absolute Gasteiger partial charge is 0.311 e. The number of nitrogens with two attached hydrogens (primary N) is 1. The summed E-state index contributed by atoms with van der Waals surface area (Å²) < 4.78 is 0. The third-order valence-corrected chi connectivity index (χ3v) is 3.39. The minimum absolute atomic E-state index is 0.00759. The van der Waals surface area contributed by atoms with Gasteiger partial charge < -0.3 is 10.8 Å². The van der Waals surface area contributed by atoms with Crippen LogP contribution in [0.25, 0.3) is 0 Å². The zero-order chi connectivity index (χ0) is 13.1. The summed E-state index contributed by atoms with van der Waals surface area (Å²) in [5.74, 6) is -0.305. The van der Waals surface area contributed by atoms with Crippen molar-refractivity contribution in [3.05, 3.63) is 33.9 Å². The molecule has 1 aliphatic heterocycles. The van der Waals surface area contributed by atoms with Gasteiger partial charge in [-0.15, -0.1) is 0 Å². The minimum atomic E-state index is -0.573. The Labute approximate surface area is 105 Å². The van der Waals surface area contributed by atoms with Crippen LogP contribution >= 0.6 is 0 Å². The van der Waals surface area contributed by atoms with E-state index in [1.165, 1.54) is 12.1 Å². The van der Waals surface area contributed by atoms with Crippen molar-refractivity contribution in [3.63, 3.8) is 0 Å². The van der Waals surface area contributed by atoms with Crippen molar-refractivity contribution in [1.29, 1.82) is 0 Å². The molecule has 1 aliphatic rings. The highest BCUT2D eigenvalue weighted by Gasteiger charge is 2.24. The number of hydrogen-bond donors (Lipinski definition) is 2. The molecule has 1 aromatic rings. The number of nitro groups is 1. The number of aromatic hydroxyl groups is 1. The molecule has 3 N–H and O–H groups in total. The first-order chi connectivity index (χ1) is 8.63. The molecule has 6 heteroatoms. The second-order valence-electron chi connectivity index (χ2n) is 4.50. The Morgan fingerprint density at radius 2 is 2.11 bits per heavy atom. The SMILES string of the molecule is NCC(c1ccc(O)c([N+](=O)[O-])c1)N1CCCC1. The molecule has 0 spiro atoms. The van der Waals surface area contributed by atoms with Crippen molar-refractivity contribution < 1.29 is 10.0 Å². The van der Waals surface area contributed by atoms with Gasteiger partial charge in [0, 0.05) is 18.7 Å². The molecule has 1 heterocycles. The molecule has 0 saturated carbocycles. The van der Waals surface area contributed by atoms with E-state index in [4.69, 9.17) is 5.73 Å². The average Bonchev–Trinajstić information content (AvgIpc) is 2.85. The summed E-state index contributed by atoms with van der Waals surface area (Å²) in [5, 5.41) is 20.2. The van der Waals surface area contributed by atoms with Gasteiger partial charge in [-0.2, -0.15) is 0 Å². The lowest BCUT2D eigenvalue weighted by Crippen LogP contribution is -2.31. The van der Waals surface area contributed by atoms with Crippen LogP contribution in [0.5, 0.6) is 5.75 Å². The molecule has 1 fully saturated rings. The molecule has 6 nitrogen and oxygen atoms in total. The van der Waals surface area contributed by atoms with E-state index in [-0.39, 0.29) is 17.5 Å². The van der Waals surface area contributed by atoms with Crippen LogP contribution in [0.15, 0.2) is 18.2 Å². The topological polar surface area (TPSA) is 92.6 Å². The van der Waals surface area contributed by atoms with Crippen LogP contribution in [-0.2, 0) is 0 Å². The van der Waals surface area contributed by atoms with Crippen LogP contribution in [0.3, 0.4) is 0 Å². The Morgan fingerprint density at radius 1 is 1.44 bits per heavy atom. The summed E-state index contributed by atoms with van der Waals surface area (Å²) in [6, 6.07) is 4.49. The largest absolute Gasteiger partial charge is 0.502 e. The number of benzene rings is 1. The fourth-order valence-electron chi connectivity index (χ4n) is 2.44. The Hall–Kier alpha value is -1.66. The number of nitro benzene ring substituents is 1. The highest BCUT2D eigenvalue weighted by atomic mass is 16.6. The van der Waals surface area contributed by atoms with Gasteiger partial charge in [-0.05, 0) is 37.6 Å². The van der Waals surface area contributed by atoms with Crippen LogP contribution in [0, 0.1) is 10.1 Å². The highest BCUT2D eigenvalue weighted by Crippen LogP contribution is 2.31. The van der Waals surface area contributed by atoms with Gasteiger partial charge in [0.15, 0.2) is 5.75 Å². The summed E-state index contributed by atoms with van der Waals surface area (Å²) in [6.45, 7) is 2.36. The zero-order valence-electron chi connectivity index (χ0n) is 10.1. The van der Waals surface area contributed by atoms with Gasteiger partial charge in [-0.1, -0.05) is 6.07 Å². The molecule has 0 amide bonds. The Morgan fingerprint density at radius 3 is 2.67 bits per heavy atom. The molecule has 2 rings (SSSR count). The lowest BCUT2D eigenvalue weighted by Gasteiger charge is -2.26. The average molecular weight is 251 g/mol. The first kappa shape index (κ1) is 12.8. The van der Waals surface area contributed by atoms with E-state index >= 15 is 0 Å². The third kappa shape index (κ3) is 2.44. The lowest BCUT2D eigenvalue weighted by molar-refractivity contribution is -0.386. The molecule has 18 heavy (non-hydrogen) atoms. The van der Waals surface area contributed by atoms with Gasteiger partial charge in [0.1, 0.15) is 0 Å². The molecule has 0 bridgehead atoms. The Balaban J connectivity index is 2.30. The van der Waals surface area contributed by atoms with E-state index in [9.17, 15) is 15.2 Å². The van der Waals surface area contributed by atoms with Crippen LogP contribution in [-0.4, -0.2) is 34.6 Å². The minimum Gasteiger partial charge on any atom is -0.502 e. The van der Waals surface area contributed by atoms with Gasteiger partial charge in [0.2, 0.25) is 0 Å². The monoisotopic (exact) mass is 251 g/mol. The normalized spacial score (nSPS) is 17.8. The molecule has 1 saturated heterocycles. The first-order valence-corrected chi connectivity index (χ1v) is 6.05. The fourth-order valence-corrected chi connectivity index (χ4v) is 2.44. The second-order valence-corrected chi connectivity index (χ2v) is 4.50. The van der Waals surface area contributed by atoms with Gasteiger partial charge in [0.05, 0.1) is 4.92 Å². The molecule has 0 aliphatic carbocycles. The van der Waals surface area contributed by atoms with E-state index in [0.29, 0.717) is 6.54 Å². The summed E-state index contributed by atoms with van der Waals surface area (Å²) in [4.78, 5) is 12.5. The molecule has 1 aromatic carbocycles. The standard InChI is InChI=1S/C12H17N3O3/c13-8-11(14-5-1-2-6-14)9-3-4-12(16)10(7-9)15(17)18/h3-4,7,11,16H,1-2,5-6,8,13H2. The number of phenolic OH excluding ortho intramolecular Hbond substituents is 1. The van der Waals surface area contributed by atoms with E-state index < -0.39 is 4.92 Å². The summed E-state index contributed by atoms with van der Waals surface area (Å²) >= 11 is 0. The van der Waals surface area contributed by atoms with Crippen LogP contribution < -0.4 is 5.73 Å². The van der Waals surface area contributed by atoms with Crippen LogP contribution in [0.4, 0.5) is 5.69 Å². The van der Waals surface area contributed by atoms with Crippen LogP contribution in [0.1, 0.15) is 24.4 Å². The predicted octanol–water partition coefficient (Wildman–Crippen LogP) is 1.40. The van der Waals surface area contributed by atoms with Crippen molar-refractivity contribution in [2.24, 2.45) is 5.73 Å². The van der Waals surface area contributed by atoms with Crippen LogP contribution in [0.2, 0.25) is 0 Å². The number of likely N-dealkylation sites (tertiary alicyclic amines) is 1. The number of nitrogens with zero attached hydrogens (tertiary/aromatic N) is 2. The zero-order valence-corrected chi connectivity index (χ0v) is 10.1. The van der Waals surface area contributed by atoms with Gasteiger partial charge in [-0.25, -0.2) is 0 Å². The molecule has 98 valence electrons. The van der Waals surface area contributed by atoms with Gasteiger partial charge >= 0.3 is 5.69 Å². The molecular formula is C12H17N3O3. The summed E-state index contributed by atoms with van der Waals surface area (Å²) in [5.41, 5.74) is 6.31. The lowest BCUT2D eigenvalue weighted by atomic mass is 10.0. The number of phenols is 1. The fraction of sp³-hybridized carbons (Fsp3) is 0.500. The molecule has 0 aromatic heterocycles. The molecule has 1 unspecified atom stereocenters. The number of rotatable bonds is 4. The van der Waals surface area contributed by atoms with Gasteiger partial charge in [-0.3, -0.25) is 15.0 Å². The summed E-state index contributed by atoms with van der Waals surface area (Å²) in [6.07, 6.45) is 2.27. The van der Waals surface area contributed by atoms with Crippen molar-refractivity contribution in [1.82, 2.24) is 4.90 Å². The predicted molar refractivity (Wildman–Crippen MR) is 67.4 cm³/mol. The maximum Gasteiger partial charge on any atom is 0.311 e. The molecule has 1 atom stereocenters. The van der Waals surface area contributed by atoms with E-state index in [1.807, 2.05) is 0 Å². The maximum absolute atomic E-state index is 10.8. The second kappa shape index (κ2) is 5.32. The van der Waals surface area contributed by atoms with E-state index in [2.05, 4.69) is 4.90 Å². The third-order valence-electron chi connectivity index (χ3n) is 3.39. The van der Waals surface area contributed by atoms with Crippen molar-refractivity contribution in [3.8, 4) is 5.75 Å². The number of hydrogen-bond acceptors (Lipinski definition) is 5. The van der Waals surface area contributed by atoms with E-state index in [0.717, 1.165) is 31.5 Å². The van der Waals surface area contributed by atoms with Crippen molar-refractivity contribution in [2.45, 2.75) is 18.9 Å². The first-order valence-electron chi connectivity index (χ1n) is 6.05. The Kier molecular flexibility index (Phi) is 3.78. The highest BCUT2D eigenvalue weighted by molar-refractivity contribution is 5.48. The van der Waals surface area contributed by atoms with E-state index in [1.54, 1.807) is 6.07 Å². The molecular weight excluding hydrogens is 234 g/mol. The summed E-state index contributed by atoms with van der Waals surface area (Å²) in [7, 11) is 0. The van der Waals surface area contributed by atoms with Gasteiger partial charge in [0.25, 0.3) is 0 Å². The van der Waals surface area contributed by atoms with Crippen molar-refractivity contribution in [2.75, 3.05) is 19.6 Å². The van der Waals surface area contributed by atoms with Crippen molar-refractivity contribution >= 4 is 5.69 Å². The Bertz CT molecular complexity index is 444. The quantitative estimate of drug-likeness (QED) is 0.623. The molecule has 0 radical (unpaired) electrons.